The summed E-state index contributed by atoms with van der Waals surface area (Å²) in [5.41, 5.74) is 9.83. The van der Waals surface area contributed by atoms with Crippen molar-refractivity contribution in [2.75, 3.05) is 5.73 Å². The van der Waals surface area contributed by atoms with E-state index >= 15 is 0 Å². The average Bonchev–Trinajstić information content (AvgIpc) is 2.84. The summed E-state index contributed by atoms with van der Waals surface area (Å²) in [4.78, 5) is 7.43. The minimum atomic E-state index is 0.632. The first-order valence-electron chi connectivity index (χ1n) is 5.51. The number of pyridine rings is 1. The highest BCUT2D eigenvalue weighted by Crippen LogP contribution is 2.26. The smallest absolute Gasteiger partial charge is 0.139 e. The maximum absolute atomic E-state index is 8.90. The summed E-state index contributed by atoms with van der Waals surface area (Å²) in [6, 6.07) is 13.3. The molecule has 86 valence electrons. The summed E-state index contributed by atoms with van der Waals surface area (Å²) in [5, 5.41) is 9.80. The Kier molecular flexibility index (Phi) is 2.24. The van der Waals surface area contributed by atoms with Gasteiger partial charge < -0.3 is 10.7 Å². The van der Waals surface area contributed by atoms with Crippen molar-refractivity contribution in [3.8, 4) is 17.3 Å². The molecule has 0 aliphatic heterocycles. The van der Waals surface area contributed by atoms with Crippen LogP contribution in [-0.2, 0) is 0 Å². The first-order chi connectivity index (χ1) is 8.78. The second-order valence-electron chi connectivity index (χ2n) is 4.04. The molecule has 0 unspecified atom stereocenters. The van der Waals surface area contributed by atoms with Gasteiger partial charge in [-0.3, -0.25) is 0 Å². The van der Waals surface area contributed by atoms with Crippen molar-refractivity contribution < 1.29 is 0 Å². The maximum Gasteiger partial charge on any atom is 0.139 e. The Morgan fingerprint density at radius 2 is 2.11 bits per heavy atom. The average molecular weight is 234 g/mol. The minimum absolute atomic E-state index is 0.632. The second kappa shape index (κ2) is 3.90. The number of hydrogen-bond acceptors (Lipinski definition) is 3. The van der Waals surface area contributed by atoms with E-state index in [1.54, 1.807) is 18.3 Å². The quantitative estimate of drug-likeness (QED) is 0.679. The zero-order valence-corrected chi connectivity index (χ0v) is 9.51. The number of fused-ring (bicyclic) bond motifs is 1. The van der Waals surface area contributed by atoms with Gasteiger partial charge in [-0.05, 0) is 29.8 Å². The van der Waals surface area contributed by atoms with E-state index in [1.165, 1.54) is 0 Å². The van der Waals surface area contributed by atoms with E-state index in [4.69, 9.17) is 11.0 Å². The second-order valence-corrected chi connectivity index (χ2v) is 4.04. The molecule has 0 fully saturated rings. The molecule has 4 nitrogen and oxygen atoms in total. The number of nitrogens with zero attached hydrogens (tertiary/aromatic N) is 2. The lowest BCUT2D eigenvalue weighted by Gasteiger charge is -1.97. The van der Waals surface area contributed by atoms with E-state index in [-0.39, 0.29) is 0 Å². The molecule has 2 heterocycles. The number of nitrogens with one attached hydrogen (secondary N) is 1. The zero-order chi connectivity index (χ0) is 12.5. The van der Waals surface area contributed by atoms with Gasteiger partial charge in [0.25, 0.3) is 0 Å². The molecule has 0 amide bonds. The summed E-state index contributed by atoms with van der Waals surface area (Å²) in [5.74, 6) is 0. The third-order valence-electron chi connectivity index (χ3n) is 2.87. The fraction of sp³-hybridized carbons (Fsp3) is 0. The molecule has 4 heteroatoms. The number of aromatic amines is 1. The molecule has 2 aromatic heterocycles. The molecule has 0 saturated carbocycles. The van der Waals surface area contributed by atoms with Crippen LogP contribution in [0.3, 0.4) is 0 Å². The van der Waals surface area contributed by atoms with Crippen molar-refractivity contribution in [1.82, 2.24) is 9.97 Å². The van der Waals surface area contributed by atoms with Crippen LogP contribution in [0.1, 0.15) is 5.56 Å². The number of aromatic nitrogens is 2. The zero-order valence-electron chi connectivity index (χ0n) is 9.51. The number of rotatable bonds is 1. The van der Waals surface area contributed by atoms with Crippen LogP contribution in [0.4, 0.5) is 5.69 Å². The highest BCUT2D eigenvalue weighted by Gasteiger charge is 2.06. The molecule has 3 aromatic rings. The van der Waals surface area contributed by atoms with E-state index in [2.05, 4.69) is 16.0 Å². The number of nitrogen functional groups attached to an aromatic ring is 1. The van der Waals surface area contributed by atoms with Crippen LogP contribution >= 0.6 is 0 Å². The van der Waals surface area contributed by atoms with Crippen molar-refractivity contribution in [1.29, 1.82) is 5.26 Å². The number of hydrogen-bond donors (Lipinski definition) is 2. The number of nitriles is 1. The van der Waals surface area contributed by atoms with Crippen molar-refractivity contribution in [3.63, 3.8) is 0 Å². The number of nitrogens with two attached hydrogens (primary N) is 1. The van der Waals surface area contributed by atoms with Gasteiger partial charge in [0.1, 0.15) is 5.65 Å². The molecule has 0 atom stereocenters. The molecule has 0 aliphatic rings. The van der Waals surface area contributed by atoms with Gasteiger partial charge in [-0.2, -0.15) is 5.26 Å². The van der Waals surface area contributed by atoms with E-state index < -0.39 is 0 Å². The Morgan fingerprint density at radius 1 is 1.22 bits per heavy atom. The fourth-order valence-corrected chi connectivity index (χ4v) is 1.96. The van der Waals surface area contributed by atoms with Crippen LogP contribution in [0.15, 0.2) is 42.6 Å². The van der Waals surface area contributed by atoms with Crippen LogP contribution in [0.2, 0.25) is 0 Å². The topological polar surface area (TPSA) is 78.5 Å². The van der Waals surface area contributed by atoms with Gasteiger partial charge in [0, 0.05) is 23.0 Å². The normalized spacial score (nSPS) is 10.4. The van der Waals surface area contributed by atoms with Crippen LogP contribution in [0.5, 0.6) is 0 Å². The number of H-pyrrole nitrogens is 1. The van der Waals surface area contributed by atoms with Crippen LogP contribution in [-0.4, -0.2) is 9.97 Å². The summed E-state index contributed by atoms with van der Waals surface area (Å²) in [6.45, 7) is 0. The summed E-state index contributed by atoms with van der Waals surface area (Å²) >= 11 is 0. The van der Waals surface area contributed by atoms with Gasteiger partial charge in [0.05, 0.1) is 11.6 Å². The molecule has 18 heavy (non-hydrogen) atoms. The first kappa shape index (κ1) is 10.4. The third-order valence-corrected chi connectivity index (χ3v) is 2.87. The molecular formula is C14H10N4. The molecule has 3 N–H and O–H groups in total. The summed E-state index contributed by atoms with van der Waals surface area (Å²) in [6.07, 6.45) is 1.67. The Bertz CT molecular complexity index is 765. The Balaban J connectivity index is 2.20. The molecule has 0 aliphatic carbocycles. The van der Waals surface area contributed by atoms with Crippen molar-refractivity contribution >= 4 is 16.7 Å². The standard InChI is InChI=1S/C14H10N4/c15-8-9-2-1-3-10(6-9)13-7-11-12(16)4-5-17-14(11)18-13/h1-7H,(H3,16,17,18). The van der Waals surface area contributed by atoms with Crippen LogP contribution in [0, 0.1) is 11.3 Å². The molecule has 3 rings (SSSR count). The van der Waals surface area contributed by atoms with Crippen molar-refractivity contribution in [3.05, 3.63) is 48.2 Å². The lowest BCUT2D eigenvalue weighted by Crippen LogP contribution is -1.85. The van der Waals surface area contributed by atoms with Crippen LogP contribution in [0.25, 0.3) is 22.3 Å². The van der Waals surface area contributed by atoms with Crippen LogP contribution < -0.4 is 5.73 Å². The molecule has 0 radical (unpaired) electrons. The van der Waals surface area contributed by atoms with Gasteiger partial charge in [-0.15, -0.1) is 0 Å². The van der Waals surface area contributed by atoms with Gasteiger partial charge in [-0.25, -0.2) is 4.98 Å². The monoisotopic (exact) mass is 234 g/mol. The van der Waals surface area contributed by atoms with Gasteiger partial charge in [0.2, 0.25) is 0 Å². The van der Waals surface area contributed by atoms with Gasteiger partial charge in [-0.1, -0.05) is 12.1 Å². The first-order valence-corrected chi connectivity index (χ1v) is 5.51. The Morgan fingerprint density at radius 3 is 2.89 bits per heavy atom. The molecule has 0 spiro atoms. The predicted octanol–water partition coefficient (Wildman–Crippen LogP) is 2.68. The molecule has 0 saturated heterocycles. The highest BCUT2D eigenvalue weighted by atomic mass is 14.9. The van der Waals surface area contributed by atoms with E-state index in [0.29, 0.717) is 11.3 Å². The van der Waals surface area contributed by atoms with Gasteiger partial charge >= 0.3 is 0 Å². The third kappa shape index (κ3) is 1.59. The van der Waals surface area contributed by atoms with E-state index in [9.17, 15) is 0 Å². The lowest BCUT2D eigenvalue weighted by atomic mass is 10.1. The predicted molar refractivity (Wildman–Crippen MR) is 70.7 cm³/mol. The van der Waals surface area contributed by atoms with E-state index in [1.807, 2.05) is 24.3 Å². The van der Waals surface area contributed by atoms with Crippen molar-refractivity contribution in [2.45, 2.75) is 0 Å². The van der Waals surface area contributed by atoms with Crippen molar-refractivity contribution in [2.24, 2.45) is 0 Å². The maximum atomic E-state index is 8.90. The molecule has 0 bridgehead atoms. The largest absolute Gasteiger partial charge is 0.398 e. The SMILES string of the molecule is N#Cc1cccc(-c2cc3c(N)ccnc3[nH]2)c1. The van der Waals surface area contributed by atoms with E-state index in [0.717, 1.165) is 22.3 Å². The fourth-order valence-electron chi connectivity index (χ4n) is 1.96. The Hall–Kier alpha value is -2.80. The minimum Gasteiger partial charge on any atom is -0.398 e. The summed E-state index contributed by atoms with van der Waals surface area (Å²) < 4.78 is 0. The van der Waals surface area contributed by atoms with Gasteiger partial charge in [0.15, 0.2) is 0 Å². The molecule has 1 aromatic carbocycles. The Labute approximate surface area is 104 Å². The number of anilines is 1. The molecular weight excluding hydrogens is 224 g/mol. The highest BCUT2D eigenvalue weighted by molar-refractivity contribution is 5.92. The number of benzene rings is 1. The lowest BCUT2D eigenvalue weighted by molar-refractivity contribution is 1.32. The summed E-state index contributed by atoms with van der Waals surface area (Å²) in [7, 11) is 0.